The van der Waals surface area contributed by atoms with Gasteiger partial charge in [0.15, 0.2) is 0 Å². The number of alkyl halides is 3. The SMILES string of the molecule is C=CC(=O)NC1Cc2cnccc2N(c2ccc(C(F)(F)F)cc2)C1=O. The molecule has 26 heavy (non-hydrogen) atoms. The van der Waals surface area contributed by atoms with Crippen LogP contribution in [0.5, 0.6) is 0 Å². The smallest absolute Gasteiger partial charge is 0.340 e. The van der Waals surface area contributed by atoms with Crippen LogP contribution in [0, 0.1) is 0 Å². The molecule has 0 fully saturated rings. The summed E-state index contributed by atoms with van der Waals surface area (Å²) in [6, 6.07) is 5.02. The van der Waals surface area contributed by atoms with Crippen LogP contribution in [0.3, 0.4) is 0 Å². The predicted octanol–water partition coefficient (Wildman–Crippen LogP) is 2.99. The van der Waals surface area contributed by atoms with E-state index in [0.29, 0.717) is 11.3 Å². The van der Waals surface area contributed by atoms with Crippen molar-refractivity contribution in [2.75, 3.05) is 4.90 Å². The highest BCUT2D eigenvalue weighted by atomic mass is 19.4. The molecule has 0 aliphatic carbocycles. The maximum Gasteiger partial charge on any atom is 0.416 e. The van der Waals surface area contributed by atoms with Gasteiger partial charge in [0.25, 0.3) is 5.91 Å². The van der Waals surface area contributed by atoms with Crippen molar-refractivity contribution in [3.63, 3.8) is 0 Å². The van der Waals surface area contributed by atoms with E-state index < -0.39 is 29.6 Å². The lowest BCUT2D eigenvalue weighted by Crippen LogP contribution is -2.51. The Morgan fingerprint density at radius 3 is 2.58 bits per heavy atom. The zero-order chi connectivity index (χ0) is 18.9. The van der Waals surface area contributed by atoms with E-state index in [1.807, 2.05) is 0 Å². The van der Waals surface area contributed by atoms with Gasteiger partial charge in [0.05, 0.1) is 11.3 Å². The quantitative estimate of drug-likeness (QED) is 0.855. The Hall–Kier alpha value is -3.16. The molecule has 1 unspecified atom stereocenters. The number of nitrogens with one attached hydrogen (secondary N) is 1. The topological polar surface area (TPSA) is 62.3 Å². The Morgan fingerprint density at radius 1 is 1.27 bits per heavy atom. The van der Waals surface area contributed by atoms with E-state index in [2.05, 4.69) is 16.9 Å². The van der Waals surface area contributed by atoms with Crippen LogP contribution in [0.4, 0.5) is 24.5 Å². The molecule has 2 aromatic rings. The number of benzene rings is 1. The Morgan fingerprint density at radius 2 is 1.96 bits per heavy atom. The van der Waals surface area contributed by atoms with Crippen LogP contribution in [-0.2, 0) is 22.2 Å². The summed E-state index contributed by atoms with van der Waals surface area (Å²) in [4.78, 5) is 29.7. The van der Waals surface area contributed by atoms with Crippen molar-refractivity contribution in [1.82, 2.24) is 10.3 Å². The molecule has 0 spiro atoms. The third-order valence-corrected chi connectivity index (χ3v) is 4.02. The number of carbonyl (C=O) groups excluding carboxylic acids is 2. The predicted molar refractivity (Wildman–Crippen MR) is 88.7 cm³/mol. The molecule has 134 valence electrons. The van der Waals surface area contributed by atoms with E-state index in [0.717, 1.165) is 18.2 Å². The fraction of sp³-hybridized carbons (Fsp3) is 0.167. The summed E-state index contributed by atoms with van der Waals surface area (Å²) in [7, 11) is 0. The lowest BCUT2D eigenvalue weighted by Gasteiger charge is -2.34. The number of fused-ring (bicyclic) bond motifs is 1. The summed E-state index contributed by atoms with van der Waals surface area (Å²) in [6.07, 6.45) is -0.127. The Balaban J connectivity index is 2.02. The van der Waals surface area contributed by atoms with E-state index in [9.17, 15) is 22.8 Å². The van der Waals surface area contributed by atoms with Crippen LogP contribution < -0.4 is 10.2 Å². The second-order valence-electron chi connectivity index (χ2n) is 5.69. The minimum atomic E-state index is -4.47. The normalized spacial score (nSPS) is 16.8. The van der Waals surface area contributed by atoms with Crippen molar-refractivity contribution in [3.05, 3.63) is 66.5 Å². The Labute approximate surface area is 147 Å². The summed E-state index contributed by atoms with van der Waals surface area (Å²) >= 11 is 0. The number of halogens is 3. The molecule has 1 aliphatic heterocycles. The largest absolute Gasteiger partial charge is 0.416 e. The molecule has 0 saturated carbocycles. The van der Waals surface area contributed by atoms with Gasteiger partial charge in [-0.3, -0.25) is 19.5 Å². The van der Waals surface area contributed by atoms with E-state index in [4.69, 9.17) is 0 Å². The van der Waals surface area contributed by atoms with Gasteiger partial charge in [0, 0.05) is 24.5 Å². The van der Waals surface area contributed by atoms with Crippen LogP contribution >= 0.6 is 0 Å². The van der Waals surface area contributed by atoms with Gasteiger partial charge in [-0.2, -0.15) is 13.2 Å². The first-order valence-electron chi connectivity index (χ1n) is 7.68. The number of carbonyl (C=O) groups is 2. The van der Waals surface area contributed by atoms with Gasteiger partial charge in [-0.25, -0.2) is 0 Å². The molecule has 1 N–H and O–H groups in total. The number of nitrogens with zero attached hydrogens (tertiary/aromatic N) is 2. The molecule has 0 bridgehead atoms. The minimum Gasteiger partial charge on any atom is -0.340 e. The summed E-state index contributed by atoms with van der Waals surface area (Å²) in [5, 5.41) is 2.54. The first-order valence-corrected chi connectivity index (χ1v) is 7.68. The van der Waals surface area contributed by atoms with Crippen molar-refractivity contribution in [3.8, 4) is 0 Å². The lowest BCUT2D eigenvalue weighted by molar-refractivity contribution is -0.137. The van der Waals surface area contributed by atoms with Gasteiger partial charge < -0.3 is 5.32 Å². The second kappa shape index (κ2) is 6.62. The highest BCUT2D eigenvalue weighted by molar-refractivity contribution is 6.07. The standard InChI is InChI=1S/C18H14F3N3O2/c1-2-16(25)23-14-9-11-10-22-8-7-15(11)24(17(14)26)13-5-3-12(4-6-13)18(19,20)21/h2-8,10,14H,1,9H2,(H,23,25). The third-order valence-electron chi connectivity index (χ3n) is 4.02. The molecular weight excluding hydrogens is 347 g/mol. The highest BCUT2D eigenvalue weighted by Gasteiger charge is 2.35. The molecule has 0 radical (unpaired) electrons. The van der Waals surface area contributed by atoms with Crippen molar-refractivity contribution < 1.29 is 22.8 Å². The van der Waals surface area contributed by atoms with Gasteiger partial charge in [0.2, 0.25) is 5.91 Å². The van der Waals surface area contributed by atoms with Crippen LogP contribution in [0.1, 0.15) is 11.1 Å². The number of aromatic nitrogens is 1. The molecule has 1 aromatic carbocycles. The third kappa shape index (κ3) is 3.30. The summed E-state index contributed by atoms with van der Waals surface area (Å²) < 4.78 is 38.3. The fourth-order valence-electron chi connectivity index (χ4n) is 2.79. The van der Waals surface area contributed by atoms with Crippen molar-refractivity contribution >= 4 is 23.2 Å². The van der Waals surface area contributed by atoms with Gasteiger partial charge in [-0.05, 0) is 42.0 Å². The average molecular weight is 361 g/mol. The minimum absolute atomic E-state index is 0.235. The van der Waals surface area contributed by atoms with Gasteiger partial charge in [-0.1, -0.05) is 6.58 Å². The molecule has 0 saturated heterocycles. The van der Waals surface area contributed by atoms with Crippen molar-refractivity contribution in [2.24, 2.45) is 0 Å². The molecule has 5 nitrogen and oxygen atoms in total. The lowest BCUT2D eigenvalue weighted by atomic mass is 9.98. The summed E-state index contributed by atoms with van der Waals surface area (Å²) in [5.41, 5.74) is 0.681. The molecule has 1 aliphatic rings. The number of hydrogen-bond donors (Lipinski definition) is 1. The van der Waals surface area contributed by atoms with Crippen LogP contribution in [0.15, 0.2) is 55.4 Å². The van der Waals surface area contributed by atoms with Crippen LogP contribution in [-0.4, -0.2) is 22.8 Å². The molecule has 8 heteroatoms. The van der Waals surface area contributed by atoms with Gasteiger partial charge >= 0.3 is 6.18 Å². The van der Waals surface area contributed by atoms with Crippen LogP contribution in [0.25, 0.3) is 0 Å². The van der Waals surface area contributed by atoms with E-state index in [1.165, 1.54) is 23.2 Å². The van der Waals surface area contributed by atoms with Crippen molar-refractivity contribution in [1.29, 1.82) is 0 Å². The Bertz CT molecular complexity index is 863. The van der Waals surface area contributed by atoms with Crippen molar-refractivity contribution in [2.45, 2.75) is 18.6 Å². The Kier molecular flexibility index (Phi) is 4.50. The summed E-state index contributed by atoms with van der Waals surface area (Å²) in [6.45, 7) is 3.35. The van der Waals surface area contributed by atoms with E-state index >= 15 is 0 Å². The number of anilines is 2. The average Bonchev–Trinajstić information content (AvgIpc) is 2.61. The maximum atomic E-state index is 12.9. The zero-order valence-electron chi connectivity index (χ0n) is 13.5. The molecule has 1 atom stereocenters. The van der Waals surface area contributed by atoms with E-state index in [1.54, 1.807) is 12.3 Å². The van der Waals surface area contributed by atoms with E-state index in [-0.39, 0.29) is 12.1 Å². The first kappa shape index (κ1) is 17.7. The van der Waals surface area contributed by atoms with Gasteiger partial charge in [0.1, 0.15) is 6.04 Å². The molecule has 3 rings (SSSR count). The first-order chi connectivity index (χ1) is 12.3. The number of amides is 2. The maximum absolute atomic E-state index is 12.9. The number of pyridine rings is 1. The number of hydrogen-bond acceptors (Lipinski definition) is 3. The molecule has 2 heterocycles. The summed E-state index contributed by atoms with van der Waals surface area (Å²) in [5.74, 6) is -0.957. The monoisotopic (exact) mass is 361 g/mol. The fourth-order valence-corrected chi connectivity index (χ4v) is 2.79. The molecule has 1 aromatic heterocycles. The molecular formula is C18H14F3N3O2. The molecule has 2 amide bonds. The highest BCUT2D eigenvalue weighted by Crippen LogP contribution is 2.36. The second-order valence-corrected chi connectivity index (χ2v) is 5.69. The van der Waals surface area contributed by atoms with Crippen LogP contribution in [0.2, 0.25) is 0 Å². The zero-order valence-corrected chi connectivity index (χ0v) is 13.5. The van der Waals surface area contributed by atoms with Gasteiger partial charge in [-0.15, -0.1) is 0 Å². The number of rotatable bonds is 3.